The molecule has 0 bridgehead atoms. The molecule has 3 rings (SSSR count). The lowest BCUT2D eigenvalue weighted by molar-refractivity contribution is -0.387. The third-order valence-corrected chi connectivity index (χ3v) is 5.05. The molecule has 0 aliphatic heterocycles. The second-order valence-corrected chi connectivity index (χ2v) is 7.54. The number of hydrogen-bond donors (Lipinski definition) is 0. The lowest BCUT2D eigenvalue weighted by Crippen LogP contribution is -1.90. The first-order chi connectivity index (χ1) is 14.0. The molecule has 0 spiro atoms. The highest BCUT2D eigenvalue weighted by molar-refractivity contribution is 14.1. The summed E-state index contributed by atoms with van der Waals surface area (Å²) in [7, 11) is 0. The summed E-state index contributed by atoms with van der Waals surface area (Å²) in [6, 6.07) is 21.1. The van der Waals surface area contributed by atoms with E-state index in [-0.39, 0.29) is 11.4 Å². The van der Waals surface area contributed by atoms with Crippen LogP contribution in [0, 0.1) is 13.7 Å². The number of nitro benzene ring substituents is 1. The van der Waals surface area contributed by atoms with Crippen LogP contribution in [0.25, 0.3) is 20.9 Å². The third-order valence-electron chi connectivity index (χ3n) is 3.26. The Labute approximate surface area is 183 Å². The van der Waals surface area contributed by atoms with Crippen molar-refractivity contribution in [2.45, 2.75) is 9.79 Å². The Morgan fingerprint density at radius 1 is 0.897 bits per heavy atom. The highest BCUT2D eigenvalue weighted by Crippen LogP contribution is 2.36. The van der Waals surface area contributed by atoms with Gasteiger partial charge < -0.3 is 0 Å². The summed E-state index contributed by atoms with van der Waals surface area (Å²) in [6.07, 6.45) is 0. The summed E-state index contributed by atoms with van der Waals surface area (Å²) in [5.74, 6) is 0. The van der Waals surface area contributed by atoms with Gasteiger partial charge in [-0.3, -0.25) is 10.1 Å². The number of nitro groups is 1. The van der Waals surface area contributed by atoms with E-state index in [1.807, 2.05) is 42.5 Å². The second kappa shape index (κ2) is 11.6. The number of hydrogen-bond acceptors (Lipinski definition) is 5. The highest BCUT2D eigenvalue weighted by atomic mass is 127. The largest absolute Gasteiger partial charge is 0.283 e. The SMILES string of the molecule is [N-]=[N+]=Nc1ccc(I)cc1.[N-]=[N+]=Nc1ccc(Sc2ccccc2)c([N+](=O)[O-])c1. The fourth-order valence-corrected chi connectivity index (χ4v) is 3.30. The van der Waals surface area contributed by atoms with E-state index in [1.54, 1.807) is 24.3 Å². The Balaban J connectivity index is 0.000000253. The Morgan fingerprint density at radius 3 is 2.07 bits per heavy atom. The van der Waals surface area contributed by atoms with Crippen molar-refractivity contribution in [3.05, 3.63) is 107 Å². The quantitative estimate of drug-likeness (QED) is 0.0847. The van der Waals surface area contributed by atoms with Crippen LogP contribution in [0.3, 0.4) is 0 Å². The van der Waals surface area contributed by atoms with Crippen LogP contribution in [0.2, 0.25) is 0 Å². The molecule has 0 aromatic heterocycles. The molecule has 0 saturated heterocycles. The first-order valence-electron chi connectivity index (χ1n) is 7.90. The molecule has 3 aromatic rings. The Kier molecular flexibility index (Phi) is 8.80. The van der Waals surface area contributed by atoms with Crippen LogP contribution in [0.15, 0.2) is 92.8 Å². The van der Waals surface area contributed by atoms with Gasteiger partial charge in [0.15, 0.2) is 0 Å². The summed E-state index contributed by atoms with van der Waals surface area (Å²) in [4.78, 5) is 17.2. The highest BCUT2D eigenvalue weighted by Gasteiger charge is 2.15. The molecule has 0 radical (unpaired) electrons. The van der Waals surface area contributed by atoms with Crippen molar-refractivity contribution in [3.8, 4) is 0 Å². The summed E-state index contributed by atoms with van der Waals surface area (Å²) >= 11 is 3.48. The summed E-state index contributed by atoms with van der Waals surface area (Å²) in [5.41, 5.74) is 17.2. The maximum Gasteiger partial charge on any atom is 0.283 e. The number of azide groups is 2. The van der Waals surface area contributed by atoms with E-state index in [0.29, 0.717) is 10.6 Å². The zero-order valence-electron chi connectivity index (χ0n) is 14.7. The van der Waals surface area contributed by atoms with E-state index in [0.717, 1.165) is 8.47 Å². The van der Waals surface area contributed by atoms with Crippen molar-refractivity contribution in [2.75, 3.05) is 0 Å². The molecule has 0 fully saturated rings. The minimum atomic E-state index is -0.484. The zero-order chi connectivity index (χ0) is 21.1. The monoisotopic (exact) mass is 517 g/mol. The average Bonchev–Trinajstić information content (AvgIpc) is 2.72. The molecule has 3 aromatic carbocycles. The van der Waals surface area contributed by atoms with Crippen molar-refractivity contribution in [3.63, 3.8) is 0 Å². The maximum absolute atomic E-state index is 11.0. The molecule has 0 aliphatic carbocycles. The first kappa shape index (κ1) is 22.1. The molecule has 0 unspecified atom stereocenters. The van der Waals surface area contributed by atoms with Crippen LogP contribution < -0.4 is 0 Å². The van der Waals surface area contributed by atoms with Crippen molar-refractivity contribution in [2.24, 2.45) is 10.2 Å². The van der Waals surface area contributed by atoms with Crippen LogP contribution in [-0.2, 0) is 0 Å². The maximum atomic E-state index is 11.0. The van der Waals surface area contributed by atoms with Gasteiger partial charge in [0.1, 0.15) is 0 Å². The molecule has 11 heteroatoms. The van der Waals surface area contributed by atoms with Crippen molar-refractivity contribution < 1.29 is 4.92 Å². The van der Waals surface area contributed by atoms with Gasteiger partial charge in [0, 0.05) is 35.7 Å². The number of nitrogens with zero attached hydrogens (tertiary/aromatic N) is 7. The van der Waals surface area contributed by atoms with Gasteiger partial charge in [0.2, 0.25) is 0 Å². The predicted molar refractivity (Wildman–Crippen MR) is 120 cm³/mol. The fraction of sp³-hybridized carbons (Fsp3) is 0. The molecule has 0 aliphatic rings. The van der Waals surface area contributed by atoms with E-state index in [1.165, 1.54) is 17.8 Å². The molecule has 0 amide bonds. The van der Waals surface area contributed by atoms with Crippen LogP contribution in [-0.4, -0.2) is 4.92 Å². The lowest BCUT2D eigenvalue weighted by Gasteiger charge is -2.03. The van der Waals surface area contributed by atoms with Crippen molar-refractivity contribution in [1.82, 2.24) is 0 Å². The molecular weight excluding hydrogens is 505 g/mol. The van der Waals surface area contributed by atoms with Gasteiger partial charge in [-0.1, -0.05) is 58.4 Å². The Bertz CT molecular complexity index is 1080. The van der Waals surface area contributed by atoms with E-state index in [9.17, 15) is 10.1 Å². The van der Waals surface area contributed by atoms with Gasteiger partial charge in [-0.2, -0.15) is 0 Å². The second-order valence-electron chi connectivity index (χ2n) is 5.18. The zero-order valence-corrected chi connectivity index (χ0v) is 17.6. The van der Waals surface area contributed by atoms with Crippen LogP contribution in [0.5, 0.6) is 0 Å². The molecular formula is C18H12IN7O2S. The van der Waals surface area contributed by atoms with Crippen LogP contribution >= 0.6 is 34.4 Å². The van der Waals surface area contributed by atoms with Crippen molar-refractivity contribution in [1.29, 1.82) is 0 Å². The van der Waals surface area contributed by atoms with Crippen LogP contribution in [0.1, 0.15) is 0 Å². The van der Waals surface area contributed by atoms with Gasteiger partial charge >= 0.3 is 0 Å². The molecule has 0 atom stereocenters. The predicted octanol–water partition coefficient (Wildman–Crippen LogP) is 7.92. The normalized spacial score (nSPS) is 9.28. The van der Waals surface area contributed by atoms with Crippen LogP contribution in [0.4, 0.5) is 17.1 Å². The molecule has 0 N–H and O–H groups in total. The molecule has 0 saturated carbocycles. The standard InChI is InChI=1S/C12H8N4O2S.C6H4IN3/c13-15-14-9-6-7-12(11(8-9)16(17)18)19-10-4-2-1-3-5-10;7-5-1-3-6(4-2-5)9-10-8/h1-8H;1-4H. The van der Waals surface area contributed by atoms with E-state index >= 15 is 0 Å². The summed E-state index contributed by atoms with van der Waals surface area (Å²) < 4.78 is 1.13. The molecule has 0 heterocycles. The van der Waals surface area contributed by atoms with Gasteiger partial charge in [-0.25, -0.2) is 0 Å². The summed E-state index contributed by atoms with van der Waals surface area (Å²) in [6.45, 7) is 0. The third kappa shape index (κ3) is 7.35. The summed E-state index contributed by atoms with van der Waals surface area (Å²) in [5, 5.41) is 17.8. The smallest absolute Gasteiger partial charge is 0.258 e. The lowest BCUT2D eigenvalue weighted by atomic mass is 10.3. The van der Waals surface area contributed by atoms with Gasteiger partial charge in [0.25, 0.3) is 5.69 Å². The number of rotatable bonds is 5. The Hall–Kier alpha value is -3.24. The van der Waals surface area contributed by atoms with E-state index in [2.05, 4.69) is 42.6 Å². The Morgan fingerprint density at radius 2 is 1.48 bits per heavy atom. The van der Waals surface area contributed by atoms with E-state index in [4.69, 9.17) is 11.1 Å². The van der Waals surface area contributed by atoms with Gasteiger partial charge in [-0.15, -0.1) is 0 Å². The van der Waals surface area contributed by atoms with E-state index < -0.39 is 4.92 Å². The molecule has 9 nitrogen and oxygen atoms in total. The average molecular weight is 517 g/mol. The molecule has 29 heavy (non-hydrogen) atoms. The molecule has 144 valence electrons. The van der Waals surface area contributed by atoms with Crippen molar-refractivity contribution >= 4 is 51.4 Å². The van der Waals surface area contributed by atoms with Gasteiger partial charge in [0.05, 0.1) is 9.82 Å². The first-order valence-corrected chi connectivity index (χ1v) is 9.80. The number of halogens is 1. The minimum Gasteiger partial charge on any atom is -0.258 e. The van der Waals surface area contributed by atoms with Gasteiger partial charge in [-0.05, 0) is 64.0 Å². The topological polar surface area (TPSA) is 141 Å². The number of benzene rings is 3. The fourth-order valence-electron chi connectivity index (χ4n) is 2.02. The minimum absolute atomic E-state index is 0.0706.